The fourth-order valence-electron chi connectivity index (χ4n) is 0.944. The van der Waals surface area contributed by atoms with Crippen molar-refractivity contribution in [2.75, 3.05) is 12.5 Å². The number of rotatable bonds is 2. The van der Waals surface area contributed by atoms with Crippen LogP contribution < -0.4 is 0 Å². The number of aromatic hydroxyl groups is 1. The molecule has 0 atom stereocenters. The summed E-state index contributed by atoms with van der Waals surface area (Å²) in [5.74, 6) is 1.40. The second-order valence-corrected chi connectivity index (χ2v) is 5.02. The first kappa shape index (κ1) is 8.47. The van der Waals surface area contributed by atoms with Crippen LogP contribution in [-0.2, 0) is 16.6 Å². The maximum absolute atomic E-state index is 9.36. The van der Waals surface area contributed by atoms with Gasteiger partial charge in [-0.25, -0.2) is 0 Å². The van der Waals surface area contributed by atoms with E-state index in [-0.39, 0.29) is 0 Å². The van der Waals surface area contributed by atoms with Gasteiger partial charge in [0, 0.05) is 5.56 Å². The standard InChI is InChI=1S/C9H12OS/c1-11(2)7-8-5-3-4-6-9(8)10/h3-6H,7H2,1-2H3/p+1. The molecule has 0 aliphatic carbocycles. The van der Waals surface area contributed by atoms with E-state index in [2.05, 4.69) is 12.5 Å². The van der Waals surface area contributed by atoms with E-state index in [1.807, 2.05) is 18.2 Å². The van der Waals surface area contributed by atoms with Crippen molar-refractivity contribution in [3.8, 4) is 5.75 Å². The molecule has 0 aliphatic rings. The smallest absolute Gasteiger partial charge is 0.136 e. The number of phenols is 1. The molecule has 0 radical (unpaired) electrons. The largest absolute Gasteiger partial charge is 0.507 e. The molecule has 2 heteroatoms. The molecule has 11 heavy (non-hydrogen) atoms. The summed E-state index contributed by atoms with van der Waals surface area (Å²) in [6, 6.07) is 7.52. The van der Waals surface area contributed by atoms with Gasteiger partial charge in [-0.15, -0.1) is 0 Å². The van der Waals surface area contributed by atoms with Crippen molar-refractivity contribution >= 4 is 10.9 Å². The molecule has 0 bridgehead atoms. The minimum Gasteiger partial charge on any atom is -0.507 e. The van der Waals surface area contributed by atoms with Crippen molar-refractivity contribution < 1.29 is 5.11 Å². The van der Waals surface area contributed by atoms with Crippen LogP contribution in [0.1, 0.15) is 5.56 Å². The molecule has 1 nitrogen and oxygen atoms in total. The maximum atomic E-state index is 9.36. The summed E-state index contributed by atoms with van der Waals surface area (Å²) in [7, 11) is 0.363. The van der Waals surface area contributed by atoms with Crippen molar-refractivity contribution in [2.45, 2.75) is 5.75 Å². The Morgan fingerprint density at radius 3 is 2.45 bits per heavy atom. The van der Waals surface area contributed by atoms with E-state index < -0.39 is 0 Å². The zero-order valence-corrected chi connectivity index (χ0v) is 7.69. The molecule has 0 saturated heterocycles. The zero-order valence-electron chi connectivity index (χ0n) is 6.87. The molecule has 1 N–H and O–H groups in total. The Hall–Kier alpha value is -0.630. The quantitative estimate of drug-likeness (QED) is 0.669. The molecule has 0 saturated carbocycles. The molecule has 0 spiro atoms. The van der Waals surface area contributed by atoms with Crippen LogP contribution in [0.3, 0.4) is 0 Å². The molecule has 1 rings (SSSR count). The van der Waals surface area contributed by atoms with E-state index in [4.69, 9.17) is 0 Å². The molecule has 1 aromatic carbocycles. The number of hydrogen-bond acceptors (Lipinski definition) is 1. The van der Waals surface area contributed by atoms with Crippen LogP contribution in [0.25, 0.3) is 0 Å². The van der Waals surface area contributed by atoms with E-state index in [0.717, 1.165) is 11.3 Å². The van der Waals surface area contributed by atoms with Crippen LogP contribution in [0.4, 0.5) is 0 Å². The van der Waals surface area contributed by atoms with Crippen LogP contribution in [0.15, 0.2) is 24.3 Å². The Morgan fingerprint density at radius 2 is 1.91 bits per heavy atom. The SMILES string of the molecule is C[S+](C)Cc1ccccc1O. The zero-order chi connectivity index (χ0) is 8.27. The average Bonchev–Trinajstić information content (AvgIpc) is 1.93. The highest BCUT2D eigenvalue weighted by Crippen LogP contribution is 2.17. The highest BCUT2D eigenvalue weighted by molar-refractivity contribution is 7.94. The summed E-state index contributed by atoms with van der Waals surface area (Å²) in [6.07, 6.45) is 4.35. The Kier molecular flexibility index (Phi) is 2.83. The second kappa shape index (κ2) is 3.67. The Labute approximate surface area is 70.4 Å². The molecule has 0 aliphatic heterocycles. The fraction of sp³-hybridized carbons (Fsp3) is 0.333. The van der Waals surface area contributed by atoms with Crippen molar-refractivity contribution in [2.24, 2.45) is 0 Å². The first-order valence-electron chi connectivity index (χ1n) is 3.51. The van der Waals surface area contributed by atoms with Crippen LogP contribution in [0.2, 0.25) is 0 Å². The molecule has 0 fully saturated rings. The average molecular weight is 169 g/mol. The third-order valence-electron chi connectivity index (χ3n) is 1.44. The minimum absolute atomic E-state index is 0.363. The minimum atomic E-state index is 0.363. The molecular weight excluding hydrogens is 156 g/mol. The number of phenolic OH excluding ortho intramolecular Hbond substituents is 1. The van der Waals surface area contributed by atoms with Gasteiger partial charge in [-0.1, -0.05) is 18.2 Å². The fourth-order valence-corrected chi connectivity index (χ4v) is 1.81. The van der Waals surface area contributed by atoms with Crippen LogP contribution in [0.5, 0.6) is 5.75 Å². The molecule has 0 unspecified atom stereocenters. The lowest BCUT2D eigenvalue weighted by Gasteiger charge is -2.00. The number of hydrogen-bond donors (Lipinski definition) is 1. The van der Waals surface area contributed by atoms with E-state index >= 15 is 0 Å². The summed E-state index contributed by atoms with van der Waals surface area (Å²) in [4.78, 5) is 0. The van der Waals surface area contributed by atoms with Gasteiger partial charge in [0.2, 0.25) is 0 Å². The molecule has 1 aromatic rings. The lowest BCUT2D eigenvalue weighted by Crippen LogP contribution is -1.99. The van der Waals surface area contributed by atoms with E-state index in [0.29, 0.717) is 16.6 Å². The Bertz CT molecular complexity index is 233. The van der Waals surface area contributed by atoms with Crippen LogP contribution >= 0.6 is 0 Å². The predicted octanol–water partition coefficient (Wildman–Crippen LogP) is 1.77. The van der Waals surface area contributed by atoms with Gasteiger partial charge in [-0.3, -0.25) is 0 Å². The van der Waals surface area contributed by atoms with E-state index in [9.17, 15) is 5.11 Å². The van der Waals surface area contributed by atoms with E-state index in [1.165, 1.54) is 0 Å². The molecule has 0 heterocycles. The maximum Gasteiger partial charge on any atom is 0.136 e. The van der Waals surface area contributed by atoms with Gasteiger partial charge in [0.25, 0.3) is 0 Å². The van der Waals surface area contributed by atoms with E-state index in [1.54, 1.807) is 6.07 Å². The van der Waals surface area contributed by atoms with Crippen molar-refractivity contribution in [1.82, 2.24) is 0 Å². The first-order valence-corrected chi connectivity index (χ1v) is 5.72. The molecule has 0 aromatic heterocycles. The van der Waals surface area contributed by atoms with Crippen molar-refractivity contribution in [3.63, 3.8) is 0 Å². The molecule has 60 valence electrons. The van der Waals surface area contributed by atoms with Gasteiger partial charge in [-0.2, -0.15) is 0 Å². The van der Waals surface area contributed by atoms with Gasteiger partial charge < -0.3 is 5.11 Å². The van der Waals surface area contributed by atoms with Crippen molar-refractivity contribution in [3.05, 3.63) is 29.8 Å². The number of para-hydroxylation sites is 1. The number of benzene rings is 1. The molecular formula is C9H13OS+. The Balaban J connectivity index is 2.78. The topological polar surface area (TPSA) is 20.2 Å². The predicted molar refractivity (Wildman–Crippen MR) is 51.0 cm³/mol. The first-order chi connectivity index (χ1) is 5.20. The lowest BCUT2D eigenvalue weighted by molar-refractivity contribution is 0.470. The normalized spacial score (nSPS) is 10.5. The molecule has 0 amide bonds. The van der Waals surface area contributed by atoms with Gasteiger partial charge in [0.1, 0.15) is 11.5 Å². The summed E-state index contributed by atoms with van der Waals surface area (Å²) < 4.78 is 0. The van der Waals surface area contributed by atoms with Gasteiger partial charge >= 0.3 is 0 Å². The van der Waals surface area contributed by atoms with Gasteiger partial charge in [0.15, 0.2) is 0 Å². The summed E-state index contributed by atoms with van der Waals surface area (Å²) in [5.41, 5.74) is 1.06. The van der Waals surface area contributed by atoms with Crippen LogP contribution in [0, 0.1) is 0 Å². The van der Waals surface area contributed by atoms with Gasteiger partial charge in [-0.05, 0) is 17.0 Å². The Morgan fingerprint density at radius 1 is 1.27 bits per heavy atom. The summed E-state index contributed by atoms with van der Waals surface area (Å²) in [6.45, 7) is 0. The lowest BCUT2D eigenvalue weighted by atomic mass is 10.2. The summed E-state index contributed by atoms with van der Waals surface area (Å²) >= 11 is 0. The van der Waals surface area contributed by atoms with Crippen molar-refractivity contribution in [1.29, 1.82) is 0 Å². The highest BCUT2D eigenvalue weighted by Gasteiger charge is 2.07. The monoisotopic (exact) mass is 169 g/mol. The third-order valence-corrected chi connectivity index (χ3v) is 2.32. The third kappa shape index (κ3) is 2.46. The second-order valence-electron chi connectivity index (χ2n) is 2.76. The van der Waals surface area contributed by atoms with Gasteiger partial charge in [0.05, 0.1) is 12.5 Å². The van der Waals surface area contributed by atoms with Crippen LogP contribution in [-0.4, -0.2) is 17.6 Å². The summed E-state index contributed by atoms with van der Waals surface area (Å²) in [5, 5.41) is 9.36. The highest BCUT2D eigenvalue weighted by atomic mass is 32.2.